The second-order valence-electron chi connectivity index (χ2n) is 6.64. The van der Waals surface area contributed by atoms with Crippen molar-refractivity contribution in [1.29, 1.82) is 0 Å². The van der Waals surface area contributed by atoms with Crippen LogP contribution in [0.15, 0.2) is 5.83 Å². The molecule has 0 radical (unpaired) electrons. The van der Waals surface area contributed by atoms with Gasteiger partial charge in [-0.25, -0.2) is 13.2 Å². The van der Waals surface area contributed by atoms with Crippen molar-refractivity contribution >= 4 is 31.0 Å². The second kappa shape index (κ2) is 8.54. The average molecular weight is 448 g/mol. The van der Waals surface area contributed by atoms with E-state index in [0.29, 0.717) is 0 Å². The van der Waals surface area contributed by atoms with E-state index in [2.05, 4.69) is 20.3 Å². The summed E-state index contributed by atoms with van der Waals surface area (Å²) in [6, 6.07) is -2.89. The van der Waals surface area contributed by atoms with Gasteiger partial charge >= 0.3 is 6.18 Å². The Labute approximate surface area is 173 Å². The Morgan fingerprint density at radius 2 is 1.86 bits per heavy atom. The molecule has 0 spiro atoms. The van der Waals surface area contributed by atoms with Gasteiger partial charge in [0.15, 0.2) is 5.82 Å². The summed E-state index contributed by atoms with van der Waals surface area (Å²) in [6.45, 7) is 0.778. The molecule has 1 heterocycles. The first-order chi connectivity index (χ1) is 14.0. The highest BCUT2D eigenvalue weighted by atomic mass is 32.1. The average Bonchev–Trinajstić information content (AvgIpc) is 2.57. The smallest absolute Gasteiger partial charge is 0.386 e. The van der Waals surface area contributed by atoms with Gasteiger partial charge in [-0.15, -0.1) is 0 Å². The largest absolute Gasteiger partial charge is 0.408 e. The summed E-state index contributed by atoms with van der Waals surface area (Å²) in [7, 11) is 0. The summed E-state index contributed by atoms with van der Waals surface area (Å²) in [5.41, 5.74) is -0.486. The minimum absolute atomic E-state index is 0. The molecule has 2 atom stereocenters. The van der Waals surface area contributed by atoms with Crippen molar-refractivity contribution in [3.8, 4) is 0 Å². The first-order valence-electron chi connectivity index (χ1n) is 9.87. The van der Waals surface area contributed by atoms with Crippen LogP contribution in [0.2, 0.25) is 0 Å². The zero-order valence-electron chi connectivity index (χ0n) is 18.0. The summed E-state index contributed by atoms with van der Waals surface area (Å²) in [5, 5.41) is 14.5. The van der Waals surface area contributed by atoms with E-state index < -0.39 is 85.0 Å². The normalized spacial score (nSPS) is 28.9. The molecule has 0 amide bonds. The third-order valence-corrected chi connectivity index (χ3v) is 4.31. The predicted octanol–water partition coefficient (Wildman–Crippen LogP) is 3.78. The molecule has 6 nitrogen and oxygen atoms in total. The minimum atomic E-state index is -4.68. The summed E-state index contributed by atoms with van der Waals surface area (Å²) in [5.74, 6) is -6.06. The van der Waals surface area contributed by atoms with Gasteiger partial charge in [0.05, 0.1) is 1.37 Å². The third-order valence-electron chi connectivity index (χ3n) is 4.31. The zero-order chi connectivity index (χ0) is 23.4. The number of halogens is 6. The van der Waals surface area contributed by atoms with E-state index in [0.717, 1.165) is 6.92 Å². The van der Waals surface area contributed by atoms with Gasteiger partial charge in [-0.05, 0) is 26.1 Å². The van der Waals surface area contributed by atoms with Crippen LogP contribution in [-0.2, 0) is 0 Å². The molecule has 1 saturated carbocycles. The highest BCUT2D eigenvalue weighted by molar-refractivity contribution is 7.59. The van der Waals surface area contributed by atoms with Crippen molar-refractivity contribution in [2.75, 3.05) is 10.6 Å². The van der Waals surface area contributed by atoms with Gasteiger partial charge in [-0.3, -0.25) is 0 Å². The number of allylic oxidation sites excluding steroid dienone is 1. The van der Waals surface area contributed by atoms with Crippen LogP contribution < -0.4 is 10.6 Å². The van der Waals surface area contributed by atoms with Crippen LogP contribution in [0, 0.1) is 0 Å². The number of hydrogen-bond acceptors (Lipinski definition) is 6. The molecule has 1 fully saturated rings. The number of anilines is 2. The molecule has 2 aliphatic carbocycles. The Morgan fingerprint density at radius 1 is 1.24 bits per heavy atom. The summed E-state index contributed by atoms with van der Waals surface area (Å²) < 4.78 is 102. The van der Waals surface area contributed by atoms with Crippen molar-refractivity contribution in [3.05, 3.63) is 11.7 Å². The lowest BCUT2D eigenvalue weighted by Gasteiger charge is -2.35. The van der Waals surface area contributed by atoms with E-state index in [4.69, 9.17) is 4.11 Å². The monoisotopic (exact) mass is 448 g/mol. The molecule has 3 rings (SSSR count). The fraction of sp³-hybridized carbons (Fsp3) is 0.688. The van der Waals surface area contributed by atoms with Crippen LogP contribution >= 0.6 is 13.5 Å². The van der Waals surface area contributed by atoms with E-state index in [1.807, 2.05) is 5.32 Å². The Kier molecular flexibility index (Phi) is 5.66. The number of rotatable bonds is 5. The molecule has 0 bridgehead atoms. The van der Waals surface area contributed by atoms with Gasteiger partial charge in [-0.2, -0.15) is 41.6 Å². The van der Waals surface area contributed by atoms with Gasteiger partial charge in [0.25, 0.3) is 5.92 Å². The number of hydrogen-bond donors (Lipinski definition) is 3. The van der Waals surface area contributed by atoms with E-state index in [1.165, 1.54) is 0 Å². The maximum atomic E-state index is 14.7. The van der Waals surface area contributed by atoms with Gasteiger partial charge < -0.3 is 15.7 Å². The molecule has 0 aliphatic heterocycles. The lowest BCUT2D eigenvalue weighted by Crippen LogP contribution is -2.44. The molecule has 13 heteroatoms. The van der Waals surface area contributed by atoms with Crippen LogP contribution in [0.3, 0.4) is 0 Å². The van der Waals surface area contributed by atoms with Gasteiger partial charge in [0.2, 0.25) is 11.9 Å². The first-order valence-corrected chi connectivity index (χ1v) is 8.37. The number of aromatic nitrogens is 3. The van der Waals surface area contributed by atoms with Gasteiger partial charge in [0, 0.05) is 27.2 Å². The maximum Gasteiger partial charge on any atom is 0.408 e. The lowest BCUT2D eigenvalue weighted by atomic mass is 9.88. The molecule has 0 saturated heterocycles. The summed E-state index contributed by atoms with van der Waals surface area (Å²) >= 11 is 0. The third kappa shape index (κ3) is 5.65. The predicted molar refractivity (Wildman–Crippen MR) is 98.8 cm³/mol. The van der Waals surface area contributed by atoms with Crippen molar-refractivity contribution in [2.24, 2.45) is 0 Å². The first kappa shape index (κ1) is 19.2. The van der Waals surface area contributed by atoms with Crippen molar-refractivity contribution in [1.82, 2.24) is 15.0 Å². The summed E-state index contributed by atoms with van der Waals surface area (Å²) in [4.78, 5) is 11.3. The van der Waals surface area contributed by atoms with Crippen LogP contribution in [0.4, 0.5) is 38.2 Å². The van der Waals surface area contributed by atoms with Crippen molar-refractivity contribution in [3.63, 3.8) is 0 Å². The molecule has 29 heavy (non-hydrogen) atoms. The minimum Gasteiger partial charge on any atom is -0.386 e. The van der Waals surface area contributed by atoms with Crippen molar-refractivity contribution in [2.45, 2.75) is 69.2 Å². The highest BCUT2D eigenvalue weighted by Crippen LogP contribution is 2.39. The number of nitrogens with one attached hydrogen (secondary N) is 2. The molecule has 2 unspecified atom stereocenters. The lowest BCUT2D eigenvalue weighted by molar-refractivity contribution is -0.138. The fourth-order valence-electron chi connectivity index (χ4n) is 2.71. The number of aliphatic hydroxyl groups is 1. The van der Waals surface area contributed by atoms with Gasteiger partial charge in [-0.1, -0.05) is 0 Å². The topological polar surface area (TPSA) is 83.0 Å². The highest BCUT2D eigenvalue weighted by Gasteiger charge is 2.45. The van der Waals surface area contributed by atoms with Gasteiger partial charge in [0.1, 0.15) is 17.9 Å². The van der Waals surface area contributed by atoms with E-state index in [9.17, 15) is 31.4 Å². The molecule has 3 N–H and O–H groups in total. The van der Waals surface area contributed by atoms with E-state index >= 15 is 0 Å². The van der Waals surface area contributed by atoms with E-state index in [1.54, 1.807) is 0 Å². The molecule has 0 aromatic carbocycles. The SMILES string of the molecule is S.[2H]C1([2H])CCC(c2nc(NC3CC(F)(F)C3)nc(NC(C)C(F)(F)F)n2)=C(F)C1([2H])O. The molecular weight excluding hydrogens is 424 g/mol. The molecule has 164 valence electrons. The number of alkyl halides is 5. The Morgan fingerprint density at radius 3 is 2.45 bits per heavy atom. The summed E-state index contributed by atoms with van der Waals surface area (Å²) in [6.07, 6.45) is -12.5. The molecular formula is C16H21F6N5OS. The second-order valence-corrected chi connectivity index (χ2v) is 6.64. The standard InChI is InChI=1S/C16H19F6N5O.H2S/c1-7(16(20,21)22)23-13-25-12(9-3-2-4-10(28)11(9)17)26-14(27-13)24-8-5-15(18,19)6-8;/h7-8,10,28H,2-6H2,1H3,(H2,23,24,25,26,27);1H2/i4D2,10D;. The quantitative estimate of drug-likeness (QED) is 0.595. The Balaban J connectivity index is 0.00000363. The van der Waals surface area contributed by atoms with Crippen LogP contribution in [0.5, 0.6) is 0 Å². The molecule has 1 aromatic heterocycles. The van der Waals surface area contributed by atoms with Crippen LogP contribution in [-0.4, -0.2) is 50.3 Å². The van der Waals surface area contributed by atoms with Crippen LogP contribution in [0.25, 0.3) is 5.57 Å². The molecule has 2 aliphatic rings. The van der Waals surface area contributed by atoms with Crippen LogP contribution in [0.1, 0.15) is 48.9 Å². The zero-order valence-corrected chi connectivity index (χ0v) is 16.0. The van der Waals surface area contributed by atoms with Crippen molar-refractivity contribution < 1.29 is 35.6 Å². The fourth-order valence-corrected chi connectivity index (χ4v) is 2.71. The van der Waals surface area contributed by atoms with E-state index in [-0.39, 0.29) is 19.9 Å². The Hall–Kier alpha value is -1.76. The maximum absolute atomic E-state index is 14.7. The Bertz CT molecular complexity index is 893. The number of nitrogens with zero attached hydrogens (tertiary/aromatic N) is 3. The molecule has 1 aromatic rings.